The van der Waals surface area contributed by atoms with Crippen molar-refractivity contribution in [3.63, 3.8) is 0 Å². The molecule has 3 aromatic rings. The fraction of sp³-hybridized carbons (Fsp3) is 0.294. The molecule has 0 saturated carbocycles. The number of benzene rings is 1. The standard InChI is InChI=1S/C17H18ClFN6O/c1-11-16(18)12(2)25(22-11)7-6-15(26)21-17-20-10-24(23-17)9-13-4-3-5-14(19)8-13/h3-5,8,10H,6-7,9H2,1-2H3,(H,21,23,26). The van der Waals surface area contributed by atoms with Crippen LogP contribution >= 0.6 is 11.6 Å². The van der Waals surface area contributed by atoms with Crippen molar-refractivity contribution in [1.82, 2.24) is 24.5 Å². The van der Waals surface area contributed by atoms with Crippen molar-refractivity contribution >= 4 is 23.5 Å². The number of nitrogens with zero attached hydrogens (tertiary/aromatic N) is 5. The molecule has 0 aliphatic heterocycles. The van der Waals surface area contributed by atoms with Crippen molar-refractivity contribution in [3.05, 3.63) is 58.4 Å². The zero-order valence-corrected chi connectivity index (χ0v) is 15.2. The van der Waals surface area contributed by atoms with Gasteiger partial charge in [0.25, 0.3) is 0 Å². The lowest BCUT2D eigenvalue weighted by atomic mass is 10.2. The summed E-state index contributed by atoms with van der Waals surface area (Å²) in [7, 11) is 0. The molecule has 0 saturated heterocycles. The fourth-order valence-corrected chi connectivity index (χ4v) is 2.67. The minimum Gasteiger partial charge on any atom is -0.293 e. The number of halogens is 2. The van der Waals surface area contributed by atoms with E-state index in [-0.39, 0.29) is 24.1 Å². The third-order valence-corrected chi connectivity index (χ3v) is 4.41. The van der Waals surface area contributed by atoms with Gasteiger partial charge in [0.15, 0.2) is 0 Å². The van der Waals surface area contributed by atoms with E-state index in [0.29, 0.717) is 18.1 Å². The number of carbonyl (C=O) groups excluding carboxylic acids is 1. The molecule has 2 heterocycles. The molecular weight excluding hydrogens is 359 g/mol. The summed E-state index contributed by atoms with van der Waals surface area (Å²) < 4.78 is 16.4. The molecule has 9 heteroatoms. The number of hydrogen-bond acceptors (Lipinski definition) is 4. The first-order chi connectivity index (χ1) is 12.4. The number of amides is 1. The first-order valence-corrected chi connectivity index (χ1v) is 8.43. The largest absolute Gasteiger partial charge is 0.293 e. The maximum Gasteiger partial charge on any atom is 0.248 e. The van der Waals surface area contributed by atoms with Gasteiger partial charge in [-0.25, -0.2) is 14.1 Å². The number of aromatic nitrogens is 5. The third kappa shape index (κ3) is 4.26. The summed E-state index contributed by atoms with van der Waals surface area (Å²) in [5.41, 5.74) is 2.32. The molecule has 1 aromatic carbocycles. The summed E-state index contributed by atoms with van der Waals surface area (Å²) in [5.74, 6) is -0.324. The van der Waals surface area contributed by atoms with Crippen LogP contribution in [0.15, 0.2) is 30.6 Å². The van der Waals surface area contributed by atoms with Crippen molar-refractivity contribution in [2.24, 2.45) is 0 Å². The Bertz CT molecular complexity index is 935. The van der Waals surface area contributed by atoms with Gasteiger partial charge in [-0.15, -0.1) is 5.10 Å². The molecule has 1 amide bonds. The molecule has 0 spiro atoms. The van der Waals surface area contributed by atoms with E-state index in [1.54, 1.807) is 16.8 Å². The zero-order valence-electron chi connectivity index (χ0n) is 14.4. The molecule has 0 aliphatic rings. The second kappa shape index (κ2) is 7.65. The topological polar surface area (TPSA) is 77.6 Å². The maximum absolute atomic E-state index is 13.2. The van der Waals surface area contributed by atoms with E-state index >= 15 is 0 Å². The van der Waals surface area contributed by atoms with Crippen molar-refractivity contribution in [2.75, 3.05) is 5.32 Å². The fourth-order valence-electron chi connectivity index (χ4n) is 2.54. The lowest BCUT2D eigenvalue weighted by Crippen LogP contribution is -2.16. The summed E-state index contributed by atoms with van der Waals surface area (Å²) >= 11 is 6.09. The highest BCUT2D eigenvalue weighted by atomic mass is 35.5. The van der Waals surface area contributed by atoms with Gasteiger partial charge in [-0.05, 0) is 31.5 Å². The normalized spacial score (nSPS) is 10.9. The number of hydrogen-bond donors (Lipinski definition) is 1. The maximum atomic E-state index is 13.2. The molecule has 0 unspecified atom stereocenters. The SMILES string of the molecule is Cc1nn(CCC(=O)Nc2ncn(Cc3cccc(F)c3)n2)c(C)c1Cl. The van der Waals surface area contributed by atoms with Gasteiger partial charge in [0.2, 0.25) is 11.9 Å². The van der Waals surface area contributed by atoms with Gasteiger partial charge < -0.3 is 0 Å². The lowest BCUT2D eigenvalue weighted by Gasteiger charge is -2.04. The number of anilines is 1. The minimum atomic E-state index is -0.305. The molecular formula is C17H18ClFN6O. The van der Waals surface area contributed by atoms with Crippen molar-refractivity contribution in [2.45, 2.75) is 33.4 Å². The highest BCUT2D eigenvalue weighted by molar-refractivity contribution is 6.31. The van der Waals surface area contributed by atoms with Gasteiger partial charge in [0.05, 0.1) is 29.5 Å². The first-order valence-electron chi connectivity index (χ1n) is 8.05. The number of rotatable bonds is 6. The van der Waals surface area contributed by atoms with E-state index in [1.165, 1.54) is 23.1 Å². The highest BCUT2D eigenvalue weighted by Crippen LogP contribution is 2.19. The molecule has 0 atom stereocenters. The molecule has 136 valence electrons. The van der Waals surface area contributed by atoms with Crippen LogP contribution in [0.5, 0.6) is 0 Å². The summed E-state index contributed by atoms with van der Waals surface area (Å²) in [4.78, 5) is 16.1. The van der Waals surface area contributed by atoms with E-state index in [2.05, 4.69) is 20.5 Å². The summed E-state index contributed by atoms with van der Waals surface area (Å²) in [6, 6.07) is 6.24. The van der Waals surface area contributed by atoms with E-state index in [9.17, 15) is 9.18 Å². The Morgan fingerprint density at radius 2 is 2.12 bits per heavy atom. The Morgan fingerprint density at radius 1 is 1.31 bits per heavy atom. The molecule has 0 radical (unpaired) electrons. The van der Waals surface area contributed by atoms with Crippen LogP contribution in [0, 0.1) is 19.7 Å². The van der Waals surface area contributed by atoms with Crippen molar-refractivity contribution < 1.29 is 9.18 Å². The van der Waals surface area contributed by atoms with Gasteiger partial charge in [0, 0.05) is 6.42 Å². The monoisotopic (exact) mass is 376 g/mol. The summed E-state index contributed by atoms with van der Waals surface area (Å²) in [6.45, 7) is 4.46. The number of aryl methyl sites for hydroxylation is 2. The zero-order chi connectivity index (χ0) is 18.7. The highest BCUT2D eigenvalue weighted by Gasteiger charge is 2.12. The van der Waals surface area contributed by atoms with Crippen LogP contribution in [-0.4, -0.2) is 30.5 Å². The van der Waals surface area contributed by atoms with Gasteiger partial charge in [-0.2, -0.15) is 5.10 Å². The lowest BCUT2D eigenvalue weighted by molar-refractivity contribution is -0.116. The Balaban J connectivity index is 1.55. The van der Waals surface area contributed by atoms with E-state index in [1.807, 2.05) is 13.8 Å². The molecule has 0 aliphatic carbocycles. The minimum absolute atomic E-state index is 0.206. The van der Waals surface area contributed by atoms with Crippen LogP contribution in [-0.2, 0) is 17.9 Å². The molecule has 0 fully saturated rings. The average Bonchev–Trinajstić information content (AvgIpc) is 3.12. The van der Waals surface area contributed by atoms with Gasteiger partial charge in [-0.1, -0.05) is 23.7 Å². The summed E-state index contributed by atoms with van der Waals surface area (Å²) in [5, 5.41) is 11.7. The summed E-state index contributed by atoms with van der Waals surface area (Å²) in [6.07, 6.45) is 1.71. The second-order valence-corrected chi connectivity index (χ2v) is 6.28. The van der Waals surface area contributed by atoms with Gasteiger partial charge in [0.1, 0.15) is 12.1 Å². The van der Waals surface area contributed by atoms with Crippen LogP contribution < -0.4 is 5.32 Å². The van der Waals surface area contributed by atoms with Gasteiger partial charge in [-0.3, -0.25) is 14.8 Å². The van der Waals surface area contributed by atoms with E-state index in [0.717, 1.165) is 17.0 Å². The molecule has 2 aromatic heterocycles. The van der Waals surface area contributed by atoms with Crippen molar-refractivity contribution in [3.8, 4) is 0 Å². The molecule has 3 rings (SSSR count). The first kappa shape index (κ1) is 18.1. The van der Waals surface area contributed by atoms with Crippen LogP contribution in [0.3, 0.4) is 0 Å². The van der Waals surface area contributed by atoms with E-state index < -0.39 is 0 Å². The van der Waals surface area contributed by atoms with Crippen molar-refractivity contribution in [1.29, 1.82) is 0 Å². The molecule has 7 nitrogen and oxygen atoms in total. The molecule has 26 heavy (non-hydrogen) atoms. The number of carbonyl (C=O) groups is 1. The van der Waals surface area contributed by atoms with Crippen LogP contribution in [0.2, 0.25) is 5.02 Å². The van der Waals surface area contributed by atoms with E-state index in [4.69, 9.17) is 11.6 Å². The third-order valence-electron chi connectivity index (χ3n) is 3.87. The Morgan fingerprint density at radius 3 is 2.81 bits per heavy atom. The quantitative estimate of drug-likeness (QED) is 0.717. The second-order valence-electron chi connectivity index (χ2n) is 5.90. The Kier molecular flexibility index (Phi) is 5.32. The Hall–Kier alpha value is -2.74. The predicted molar refractivity (Wildman–Crippen MR) is 95.5 cm³/mol. The predicted octanol–water partition coefficient (Wildman–Crippen LogP) is 2.96. The van der Waals surface area contributed by atoms with Crippen LogP contribution in [0.4, 0.5) is 10.3 Å². The number of nitrogens with one attached hydrogen (secondary N) is 1. The van der Waals surface area contributed by atoms with Crippen LogP contribution in [0.25, 0.3) is 0 Å². The Labute approximate surface area is 154 Å². The molecule has 1 N–H and O–H groups in total. The van der Waals surface area contributed by atoms with Gasteiger partial charge >= 0.3 is 0 Å². The smallest absolute Gasteiger partial charge is 0.248 e. The van der Waals surface area contributed by atoms with Crippen LogP contribution in [0.1, 0.15) is 23.4 Å². The average molecular weight is 377 g/mol. The molecule has 0 bridgehead atoms.